The predicted octanol–water partition coefficient (Wildman–Crippen LogP) is 3.69. The Kier molecular flexibility index (Phi) is 7.02. The summed E-state index contributed by atoms with van der Waals surface area (Å²) in [4.78, 5) is 13.1. The fourth-order valence-electron chi connectivity index (χ4n) is 3.20. The van der Waals surface area contributed by atoms with Gasteiger partial charge in [-0.3, -0.25) is 9.48 Å². The molecule has 3 N–H and O–H groups in total. The van der Waals surface area contributed by atoms with Crippen LogP contribution in [-0.2, 0) is 18.3 Å². The molecule has 158 valence electrons. The number of hydrogen-bond acceptors (Lipinski definition) is 4. The van der Waals surface area contributed by atoms with Crippen molar-refractivity contribution >= 4 is 51.8 Å². The van der Waals surface area contributed by atoms with Crippen LogP contribution in [-0.4, -0.2) is 33.1 Å². The number of benzene rings is 1. The molecule has 1 aromatic heterocycles. The molecule has 1 amide bonds. The molecule has 30 heavy (non-hydrogen) atoms. The van der Waals surface area contributed by atoms with Crippen molar-refractivity contribution in [3.63, 3.8) is 0 Å². The Labute approximate surface area is 187 Å². The van der Waals surface area contributed by atoms with Crippen molar-refractivity contribution in [1.82, 2.24) is 15.1 Å². The zero-order valence-electron chi connectivity index (χ0n) is 15.9. The molecule has 0 radical (unpaired) electrons. The first kappa shape index (κ1) is 22.6. The van der Waals surface area contributed by atoms with Crippen molar-refractivity contribution in [3.05, 3.63) is 69.0 Å². The number of aromatic nitrogens is 2. The normalized spacial score (nSPS) is 15.3. The number of rotatable bonds is 6. The lowest BCUT2D eigenvalue weighted by molar-refractivity contribution is -0.117. The topological polar surface area (TPSA) is 72.9 Å². The van der Waals surface area contributed by atoms with Gasteiger partial charge >= 0.3 is 0 Å². The van der Waals surface area contributed by atoms with Crippen molar-refractivity contribution in [2.75, 3.05) is 6.54 Å². The number of nitrogens with one attached hydrogen (secondary N) is 1. The Hall–Kier alpha value is -2.13. The summed E-state index contributed by atoms with van der Waals surface area (Å²) in [5, 5.41) is 7.55. The van der Waals surface area contributed by atoms with Crippen LogP contribution < -0.4 is 11.1 Å². The highest BCUT2D eigenvalue weighted by atomic mass is 35.5. The molecule has 0 unspecified atom stereocenters. The highest BCUT2D eigenvalue weighted by Crippen LogP contribution is 2.35. The van der Waals surface area contributed by atoms with E-state index in [0.717, 1.165) is 18.2 Å². The SMILES string of the molecule is Cn1ncc(Cl)c1C1=C(Cl)C=C(C(=O)N[C@H](CN)Cc2cc(F)ccc2F)C(=S)C1. The van der Waals surface area contributed by atoms with Gasteiger partial charge in [-0.25, -0.2) is 8.78 Å². The molecule has 1 heterocycles. The molecule has 5 nitrogen and oxygen atoms in total. The smallest absolute Gasteiger partial charge is 0.252 e. The summed E-state index contributed by atoms with van der Waals surface area (Å²) in [6.07, 6.45) is 3.24. The Balaban J connectivity index is 1.81. The Morgan fingerprint density at radius 2 is 2.13 bits per heavy atom. The summed E-state index contributed by atoms with van der Waals surface area (Å²) in [6, 6.07) is 2.53. The fourth-order valence-corrected chi connectivity index (χ4v) is 4.04. The van der Waals surface area contributed by atoms with Gasteiger partial charge in [-0.2, -0.15) is 5.10 Å². The monoisotopic (exact) mass is 470 g/mol. The zero-order valence-corrected chi connectivity index (χ0v) is 18.2. The van der Waals surface area contributed by atoms with Crippen LogP contribution in [0.25, 0.3) is 5.57 Å². The highest BCUT2D eigenvalue weighted by Gasteiger charge is 2.27. The maximum absolute atomic E-state index is 13.9. The number of nitrogens with zero attached hydrogens (tertiary/aromatic N) is 2. The Morgan fingerprint density at radius 1 is 1.40 bits per heavy atom. The van der Waals surface area contributed by atoms with Crippen LogP contribution in [0.3, 0.4) is 0 Å². The first-order chi connectivity index (χ1) is 14.2. The summed E-state index contributed by atoms with van der Waals surface area (Å²) < 4.78 is 28.9. The summed E-state index contributed by atoms with van der Waals surface area (Å²) in [5.41, 5.74) is 7.36. The maximum Gasteiger partial charge on any atom is 0.252 e. The van der Waals surface area contributed by atoms with E-state index in [1.165, 1.54) is 12.3 Å². The van der Waals surface area contributed by atoms with E-state index in [4.69, 9.17) is 41.2 Å². The van der Waals surface area contributed by atoms with Crippen LogP contribution in [0.5, 0.6) is 0 Å². The average Bonchev–Trinajstić information content (AvgIpc) is 3.03. The molecule has 10 heteroatoms. The maximum atomic E-state index is 13.9. The van der Waals surface area contributed by atoms with Crippen molar-refractivity contribution in [3.8, 4) is 0 Å². The molecule has 1 aromatic carbocycles. The largest absolute Gasteiger partial charge is 0.348 e. The van der Waals surface area contributed by atoms with Gasteiger partial charge in [0.2, 0.25) is 0 Å². The summed E-state index contributed by atoms with van der Waals surface area (Å²) in [6.45, 7) is 0.0290. The minimum absolute atomic E-state index is 0.0290. The second-order valence-electron chi connectivity index (χ2n) is 6.80. The number of nitrogens with two attached hydrogens (primary N) is 1. The number of thiocarbonyl (C=S) groups is 1. The molecule has 2 aromatic rings. The van der Waals surface area contributed by atoms with Crippen LogP contribution in [0.4, 0.5) is 8.78 Å². The van der Waals surface area contributed by atoms with E-state index >= 15 is 0 Å². The molecular formula is C20H18Cl2F2N4OS. The molecule has 1 atom stereocenters. The molecule has 3 rings (SSSR count). The highest BCUT2D eigenvalue weighted by molar-refractivity contribution is 7.81. The molecule has 0 aliphatic heterocycles. The number of halogens is 4. The number of aryl methyl sites for hydroxylation is 1. The lowest BCUT2D eigenvalue weighted by Gasteiger charge is -2.22. The van der Waals surface area contributed by atoms with Crippen LogP contribution in [0, 0.1) is 11.6 Å². The lowest BCUT2D eigenvalue weighted by Crippen LogP contribution is -2.43. The standard InChI is InChI=1S/C20H18Cl2F2N4OS/c1-28-19(16(22)9-26-28)13-7-18(30)14(6-15(13)21)20(29)27-12(8-25)5-10-4-11(23)2-3-17(10)24/h2-4,6,9,12H,5,7-8,25H2,1H3,(H,27,29)/t12-/m0/s1. The summed E-state index contributed by atoms with van der Waals surface area (Å²) >= 11 is 18.0. The van der Waals surface area contributed by atoms with Crippen LogP contribution >= 0.6 is 35.4 Å². The van der Waals surface area contributed by atoms with Gasteiger partial charge in [0.15, 0.2) is 0 Å². The molecule has 0 fully saturated rings. The van der Waals surface area contributed by atoms with Gasteiger partial charge in [-0.15, -0.1) is 0 Å². The third kappa shape index (κ3) is 4.78. The first-order valence-corrected chi connectivity index (χ1v) is 10.1. The lowest BCUT2D eigenvalue weighted by atomic mass is 9.94. The Morgan fingerprint density at radius 3 is 2.77 bits per heavy atom. The summed E-state index contributed by atoms with van der Waals surface area (Å²) in [7, 11) is 1.73. The van der Waals surface area contributed by atoms with Gasteiger partial charge in [-0.05, 0) is 36.3 Å². The molecule has 1 aliphatic carbocycles. The quantitative estimate of drug-likeness (QED) is 0.631. The van der Waals surface area contributed by atoms with Gasteiger partial charge in [0.25, 0.3) is 5.91 Å². The molecule has 0 spiro atoms. The minimum Gasteiger partial charge on any atom is -0.348 e. The molecule has 0 bridgehead atoms. The third-order valence-electron chi connectivity index (χ3n) is 4.72. The van der Waals surface area contributed by atoms with Crippen molar-refractivity contribution in [2.45, 2.75) is 18.9 Å². The minimum atomic E-state index is -0.617. The number of hydrogen-bond donors (Lipinski definition) is 2. The van der Waals surface area contributed by atoms with Gasteiger partial charge in [0.1, 0.15) is 11.6 Å². The number of carbonyl (C=O) groups is 1. The van der Waals surface area contributed by atoms with Gasteiger partial charge in [0.05, 0.1) is 22.5 Å². The van der Waals surface area contributed by atoms with Gasteiger partial charge in [0, 0.05) is 41.5 Å². The zero-order chi connectivity index (χ0) is 22.0. The molecule has 0 saturated carbocycles. The van der Waals surface area contributed by atoms with Crippen molar-refractivity contribution in [2.24, 2.45) is 12.8 Å². The molecule has 1 aliphatic rings. The van der Waals surface area contributed by atoms with Crippen molar-refractivity contribution < 1.29 is 13.6 Å². The van der Waals surface area contributed by atoms with Crippen LogP contribution in [0.1, 0.15) is 17.7 Å². The van der Waals surface area contributed by atoms with E-state index in [9.17, 15) is 13.6 Å². The Bertz CT molecular complexity index is 1060. The van der Waals surface area contributed by atoms with E-state index in [2.05, 4.69) is 10.4 Å². The number of allylic oxidation sites excluding steroid dienone is 3. The van der Waals surface area contributed by atoms with E-state index in [1.807, 2.05) is 0 Å². The van der Waals surface area contributed by atoms with E-state index in [1.54, 1.807) is 11.7 Å². The van der Waals surface area contributed by atoms with Gasteiger partial charge < -0.3 is 11.1 Å². The predicted molar refractivity (Wildman–Crippen MR) is 117 cm³/mol. The number of carbonyl (C=O) groups excluding carboxylic acids is 1. The van der Waals surface area contributed by atoms with E-state index in [-0.39, 0.29) is 30.5 Å². The molecular weight excluding hydrogens is 453 g/mol. The van der Waals surface area contributed by atoms with E-state index in [0.29, 0.717) is 26.2 Å². The van der Waals surface area contributed by atoms with Crippen LogP contribution in [0.15, 0.2) is 41.1 Å². The van der Waals surface area contributed by atoms with Gasteiger partial charge in [-0.1, -0.05) is 35.4 Å². The third-order valence-corrected chi connectivity index (χ3v) is 5.69. The summed E-state index contributed by atoms with van der Waals surface area (Å²) in [5.74, 6) is -1.62. The first-order valence-electron chi connectivity index (χ1n) is 8.97. The second-order valence-corrected chi connectivity index (χ2v) is 8.10. The van der Waals surface area contributed by atoms with E-state index < -0.39 is 23.6 Å². The van der Waals surface area contributed by atoms with Crippen LogP contribution in [0.2, 0.25) is 5.02 Å². The molecule has 0 saturated heterocycles. The second kappa shape index (κ2) is 9.34. The number of amides is 1. The fraction of sp³-hybridized carbons (Fsp3) is 0.250. The van der Waals surface area contributed by atoms with Crippen molar-refractivity contribution in [1.29, 1.82) is 0 Å². The average molecular weight is 471 g/mol.